The number of aliphatic imine (C=N–C) groups is 1. The van der Waals surface area contributed by atoms with Crippen molar-refractivity contribution in [3.8, 4) is 11.1 Å². The Balaban J connectivity index is 1.25. The van der Waals surface area contributed by atoms with Crippen molar-refractivity contribution >= 4 is 82.0 Å². The summed E-state index contributed by atoms with van der Waals surface area (Å²) < 4.78 is 5.04. The lowest BCUT2D eigenvalue weighted by Crippen LogP contribution is -2.29. The van der Waals surface area contributed by atoms with Gasteiger partial charge in [-0.15, -0.1) is 11.3 Å². The fraction of sp³-hybridized carbons (Fsp3) is 0.0833. The number of nitrogens with zero attached hydrogens (tertiary/aromatic N) is 2. The highest BCUT2D eigenvalue weighted by atomic mass is 32.1. The predicted molar refractivity (Wildman–Crippen MR) is 172 cm³/mol. The number of allylic oxidation sites excluding steroid dienone is 3. The average Bonchev–Trinajstić information content (AvgIpc) is 3.64. The van der Waals surface area contributed by atoms with Gasteiger partial charge in [0.15, 0.2) is 5.82 Å². The van der Waals surface area contributed by atoms with Gasteiger partial charge in [0.25, 0.3) is 0 Å². The van der Waals surface area contributed by atoms with Crippen LogP contribution in [0.25, 0.3) is 64.6 Å². The first-order chi connectivity index (χ1) is 19.8. The van der Waals surface area contributed by atoms with Crippen LogP contribution in [0.3, 0.4) is 0 Å². The number of rotatable bonds is 1. The first-order valence-corrected chi connectivity index (χ1v) is 14.8. The first-order valence-electron chi connectivity index (χ1n) is 14.0. The highest BCUT2D eigenvalue weighted by molar-refractivity contribution is 7.25. The highest BCUT2D eigenvalue weighted by Crippen LogP contribution is 2.48. The zero-order valence-corrected chi connectivity index (χ0v) is 22.4. The van der Waals surface area contributed by atoms with Crippen LogP contribution in [0.15, 0.2) is 102 Å². The third-order valence-corrected chi connectivity index (χ3v) is 10.1. The number of thiophene rings is 1. The lowest BCUT2D eigenvalue weighted by atomic mass is 9.89. The molecule has 188 valence electrons. The van der Waals surface area contributed by atoms with Gasteiger partial charge in [-0.3, -0.25) is 4.40 Å². The SMILES string of the molecule is C1=CC2=Nc3c(c4cccc5c6cc7c(cc6n3c45)sc3ccc(-c4cccc5c4CCC=C5)cc37)NC2C=C1. The van der Waals surface area contributed by atoms with Gasteiger partial charge >= 0.3 is 0 Å². The van der Waals surface area contributed by atoms with Crippen LogP contribution in [-0.4, -0.2) is 16.2 Å². The molecule has 3 aliphatic rings. The minimum Gasteiger partial charge on any atom is -0.370 e. The van der Waals surface area contributed by atoms with Crippen LogP contribution in [0.2, 0.25) is 0 Å². The molecule has 4 heterocycles. The summed E-state index contributed by atoms with van der Waals surface area (Å²) in [5, 5.41) is 10.3. The summed E-state index contributed by atoms with van der Waals surface area (Å²) >= 11 is 1.89. The molecule has 4 heteroatoms. The van der Waals surface area contributed by atoms with Crippen molar-refractivity contribution in [2.45, 2.75) is 18.9 Å². The molecular formula is C36H23N3S. The van der Waals surface area contributed by atoms with Crippen LogP contribution in [0.4, 0.5) is 11.5 Å². The molecular weight excluding hydrogens is 506 g/mol. The molecule has 40 heavy (non-hydrogen) atoms. The number of fused-ring (bicyclic) bond motifs is 11. The van der Waals surface area contributed by atoms with Crippen LogP contribution in [0.5, 0.6) is 0 Å². The summed E-state index contributed by atoms with van der Waals surface area (Å²) in [5.41, 5.74) is 10.2. The molecule has 4 aromatic carbocycles. The van der Waals surface area contributed by atoms with E-state index < -0.39 is 0 Å². The second-order valence-corrected chi connectivity index (χ2v) is 12.2. The second kappa shape index (κ2) is 7.50. The lowest BCUT2D eigenvalue weighted by Gasteiger charge is -2.23. The molecule has 10 rings (SSSR count). The molecule has 0 radical (unpaired) electrons. The Bertz CT molecular complexity index is 2360. The summed E-state index contributed by atoms with van der Waals surface area (Å²) in [4.78, 5) is 5.19. The van der Waals surface area contributed by atoms with Crippen molar-refractivity contribution in [1.29, 1.82) is 0 Å². The Morgan fingerprint density at radius 3 is 2.75 bits per heavy atom. The molecule has 1 atom stereocenters. The molecule has 0 amide bonds. The minimum absolute atomic E-state index is 0.129. The molecule has 0 saturated heterocycles. The van der Waals surface area contributed by atoms with Gasteiger partial charge in [-0.1, -0.05) is 72.8 Å². The third-order valence-electron chi connectivity index (χ3n) is 9.00. The Hall–Kier alpha value is -4.67. The van der Waals surface area contributed by atoms with E-state index >= 15 is 0 Å². The van der Waals surface area contributed by atoms with Crippen LogP contribution in [0, 0.1) is 0 Å². The number of benzene rings is 4. The van der Waals surface area contributed by atoms with E-state index in [2.05, 4.69) is 113 Å². The monoisotopic (exact) mass is 529 g/mol. The summed E-state index contributed by atoms with van der Waals surface area (Å²) in [7, 11) is 0. The van der Waals surface area contributed by atoms with E-state index in [0.29, 0.717) is 0 Å². The van der Waals surface area contributed by atoms with Gasteiger partial charge in [0, 0.05) is 36.3 Å². The zero-order valence-electron chi connectivity index (χ0n) is 21.6. The molecule has 1 unspecified atom stereocenters. The van der Waals surface area contributed by atoms with E-state index in [1.165, 1.54) is 69.6 Å². The Morgan fingerprint density at radius 2 is 1.75 bits per heavy atom. The molecule has 1 aliphatic heterocycles. The van der Waals surface area contributed by atoms with Gasteiger partial charge in [0.2, 0.25) is 0 Å². The molecule has 3 nitrogen and oxygen atoms in total. The summed E-state index contributed by atoms with van der Waals surface area (Å²) in [5.74, 6) is 1.01. The Morgan fingerprint density at radius 1 is 0.825 bits per heavy atom. The molecule has 0 saturated carbocycles. The van der Waals surface area contributed by atoms with E-state index in [4.69, 9.17) is 4.99 Å². The number of hydrogen-bond donors (Lipinski definition) is 1. The molecule has 0 spiro atoms. The topological polar surface area (TPSA) is 28.8 Å². The zero-order chi connectivity index (χ0) is 25.9. The maximum atomic E-state index is 5.19. The normalized spacial score (nSPS) is 17.6. The molecule has 7 aromatic rings. The van der Waals surface area contributed by atoms with Crippen LogP contribution in [0.1, 0.15) is 17.5 Å². The quantitative estimate of drug-likeness (QED) is 0.225. The van der Waals surface area contributed by atoms with Crippen LogP contribution in [-0.2, 0) is 6.42 Å². The van der Waals surface area contributed by atoms with Crippen LogP contribution >= 0.6 is 11.3 Å². The van der Waals surface area contributed by atoms with Gasteiger partial charge < -0.3 is 5.32 Å². The van der Waals surface area contributed by atoms with Gasteiger partial charge in [0.05, 0.1) is 28.5 Å². The van der Waals surface area contributed by atoms with Gasteiger partial charge in [-0.2, -0.15) is 0 Å². The maximum absolute atomic E-state index is 5.19. The Labute approximate surface area is 234 Å². The second-order valence-electron chi connectivity index (χ2n) is 11.1. The van der Waals surface area contributed by atoms with Crippen molar-refractivity contribution < 1.29 is 0 Å². The number of anilines is 1. The largest absolute Gasteiger partial charge is 0.370 e. The van der Waals surface area contributed by atoms with Crippen molar-refractivity contribution in [2.75, 3.05) is 5.32 Å². The van der Waals surface area contributed by atoms with Crippen molar-refractivity contribution in [3.63, 3.8) is 0 Å². The summed E-state index contributed by atoms with van der Waals surface area (Å²) in [6, 6.07) is 25.4. The number of para-hydroxylation sites is 1. The molecule has 0 fully saturated rings. The fourth-order valence-corrected chi connectivity index (χ4v) is 8.29. The van der Waals surface area contributed by atoms with E-state index in [-0.39, 0.29) is 6.04 Å². The lowest BCUT2D eigenvalue weighted by molar-refractivity contribution is 0.988. The maximum Gasteiger partial charge on any atom is 0.162 e. The number of aromatic nitrogens is 1. The Kier molecular flexibility index (Phi) is 3.97. The fourth-order valence-electron chi connectivity index (χ4n) is 7.19. The molecule has 2 aliphatic carbocycles. The van der Waals surface area contributed by atoms with E-state index in [9.17, 15) is 0 Å². The van der Waals surface area contributed by atoms with E-state index in [1.54, 1.807) is 0 Å². The number of nitrogens with one attached hydrogen (secondary N) is 1. The van der Waals surface area contributed by atoms with E-state index in [1.807, 2.05) is 11.3 Å². The highest BCUT2D eigenvalue weighted by Gasteiger charge is 2.28. The van der Waals surface area contributed by atoms with Gasteiger partial charge in [-0.05, 0) is 65.4 Å². The van der Waals surface area contributed by atoms with Gasteiger partial charge in [-0.25, -0.2) is 4.99 Å². The van der Waals surface area contributed by atoms with Gasteiger partial charge in [0.1, 0.15) is 0 Å². The summed E-state index contributed by atoms with van der Waals surface area (Å²) in [6.45, 7) is 0. The minimum atomic E-state index is 0.129. The molecule has 1 N–H and O–H groups in total. The third kappa shape index (κ3) is 2.67. The molecule has 0 bridgehead atoms. The average molecular weight is 530 g/mol. The predicted octanol–water partition coefficient (Wildman–Crippen LogP) is 9.67. The molecule has 3 aromatic heterocycles. The number of hydrogen-bond acceptors (Lipinski definition) is 3. The standard InChI is InChI=1S/C36H23N3S/c1-2-9-22-20(7-1)8-5-10-23(22)21-15-16-32-27(17-21)28-18-26-24-11-6-12-25-34-36(38-30-14-4-3-13-29(30)37-34)39(35(24)25)31(26)19-33(28)40-32/h1,3-8,10-19,29,37H,2,9H2. The van der Waals surface area contributed by atoms with Crippen molar-refractivity contribution in [2.24, 2.45) is 4.99 Å². The van der Waals surface area contributed by atoms with Crippen LogP contribution < -0.4 is 5.32 Å². The summed E-state index contributed by atoms with van der Waals surface area (Å²) in [6.07, 6.45) is 15.3. The smallest absolute Gasteiger partial charge is 0.162 e. The van der Waals surface area contributed by atoms with Crippen molar-refractivity contribution in [3.05, 3.63) is 108 Å². The van der Waals surface area contributed by atoms with Crippen molar-refractivity contribution in [1.82, 2.24) is 4.40 Å². The van der Waals surface area contributed by atoms with E-state index in [0.717, 1.165) is 30.1 Å². The first kappa shape index (κ1) is 21.2.